The van der Waals surface area contributed by atoms with Gasteiger partial charge in [-0.2, -0.15) is 4.98 Å². The number of anilines is 1. The molecular formula is C10H17N3O3. The van der Waals surface area contributed by atoms with Crippen molar-refractivity contribution >= 4 is 11.9 Å². The summed E-state index contributed by atoms with van der Waals surface area (Å²) in [7, 11) is 1.87. The largest absolute Gasteiger partial charge is 0.481 e. The number of aromatic nitrogens is 2. The van der Waals surface area contributed by atoms with Gasteiger partial charge < -0.3 is 14.5 Å². The first kappa shape index (κ1) is 12.5. The minimum atomic E-state index is -0.807. The van der Waals surface area contributed by atoms with E-state index in [9.17, 15) is 4.79 Å². The molecule has 0 aromatic carbocycles. The zero-order chi connectivity index (χ0) is 12.1. The molecule has 0 radical (unpaired) electrons. The van der Waals surface area contributed by atoms with Crippen LogP contribution in [-0.4, -0.2) is 34.8 Å². The number of carboxylic acids is 1. The monoisotopic (exact) mass is 227 g/mol. The molecule has 0 bridgehead atoms. The van der Waals surface area contributed by atoms with Crippen LogP contribution in [0.25, 0.3) is 0 Å². The van der Waals surface area contributed by atoms with E-state index in [0.29, 0.717) is 18.3 Å². The third kappa shape index (κ3) is 3.52. The topological polar surface area (TPSA) is 79.5 Å². The average Bonchev–Trinajstić information content (AvgIpc) is 2.63. The highest BCUT2D eigenvalue weighted by atomic mass is 16.5. The van der Waals surface area contributed by atoms with Gasteiger partial charge in [0.05, 0.1) is 0 Å². The van der Waals surface area contributed by atoms with Crippen molar-refractivity contribution in [2.75, 3.05) is 18.5 Å². The molecule has 1 aromatic rings. The highest BCUT2D eigenvalue weighted by Gasteiger charge is 2.14. The Balaban J connectivity index is 2.54. The molecule has 0 fully saturated rings. The Labute approximate surface area is 94.3 Å². The predicted octanol–water partition coefficient (Wildman–Crippen LogP) is 1.18. The maximum Gasteiger partial charge on any atom is 0.303 e. The Hall–Kier alpha value is -1.59. The van der Waals surface area contributed by atoms with Crippen molar-refractivity contribution in [3.05, 3.63) is 5.89 Å². The van der Waals surface area contributed by atoms with Gasteiger partial charge in [-0.3, -0.25) is 4.79 Å². The summed E-state index contributed by atoms with van der Waals surface area (Å²) in [4.78, 5) is 16.5. The molecule has 6 nitrogen and oxygen atoms in total. The molecule has 6 heteroatoms. The standard InChI is InChI=1S/C10H17N3O3/c1-4-13(3)10-11-8(16-12-10)5-7(2)6-9(14)15/h7H,4-6H2,1-3H3,(H,14,15). The van der Waals surface area contributed by atoms with Gasteiger partial charge in [0.2, 0.25) is 5.89 Å². The number of hydrogen-bond acceptors (Lipinski definition) is 5. The van der Waals surface area contributed by atoms with Gasteiger partial charge in [0.1, 0.15) is 0 Å². The molecule has 1 rings (SSSR count). The molecule has 1 unspecified atom stereocenters. The fourth-order valence-corrected chi connectivity index (χ4v) is 1.29. The van der Waals surface area contributed by atoms with Crippen LogP contribution in [0.15, 0.2) is 4.52 Å². The third-order valence-corrected chi connectivity index (χ3v) is 2.32. The van der Waals surface area contributed by atoms with Crippen LogP contribution in [0.5, 0.6) is 0 Å². The fourth-order valence-electron chi connectivity index (χ4n) is 1.29. The third-order valence-electron chi connectivity index (χ3n) is 2.32. The Morgan fingerprint density at radius 2 is 2.31 bits per heavy atom. The minimum Gasteiger partial charge on any atom is -0.481 e. The molecule has 0 aliphatic heterocycles. The first-order valence-corrected chi connectivity index (χ1v) is 5.28. The van der Waals surface area contributed by atoms with Gasteiger partial charge in [0, 0.05) is 26.4 Å². The van der Waals surface area contributed by atoms with Crippen molar-refractivity contribution in [2.24, 2.45) is 5.92 Å². The zero-order valence-electron chi connectivity index (χ0n) is 9.80. The SMILES string of the molecule is CCN(C)c1noc(CC(C)CC(=O)O)n1. The van der Waals surface area contributed by atoms with Crippen LogP contribution < -0.4 is 4.90 Å². The van der Waals surface area contributed by atoms with Crippen molar-refractivity contribution in [3.8, 4) is 0 Å². The van der Waals surface area contributed by atoms with E-state index in [1.807, 2.05) is 25.8 Å². The Morgan fingerprint density at radius 1 is 1.62 bits per heavy atom. The molecule has 16 heavy (non-hydrogen) atoms. The highest BCUT2D eigenvalue weighted by molar-refractivity contribution is 5.66. The smallest absolute Gasteiger partial charge is 0.303 e. The van der Waals surface area contributed by atoms with Crippen LogP contribution in [-0.2, 0) is 11.2 Å². The van der Waals surface area contributed by atoms with E-state index in [1.54, 1.807) is 0 Å². The summed E-state index contributed by atoms with van der Waals surface area (Å²) in [5, 5.41) is 12.4. The molecule has 0 saturated carbocycles. The van der Waals surface area contributed by atoms with E-state index < -0.39 is 5.97 Å². The number of nitrogens with zero attached hydrogens (tertiary/aromatic N) is 3. The lowest BCUT2D eigenvalue weighted by Gasteiger charge is -2.08. The fraction of sp³-hybridized carbons (Fsp3) is 0.700. The van der Waals surface area contributed by atoms with E-state index in [4.69, 9.17) is 9.63 Å². The van der Waals surface area contributed by atoms with Gasteiger partial charge in [-0.1, -0.05) is 6.92 Å². The maximum atomic E-state index is 10.5. The molecule has 0 amide bonds. The molecule has 0 aliphatic carbocycles. The van der Waals surface area contributed by atoms with Crippen LogP contribution >= 0.6 is 0 Å². The molecule has 1 N–H and O–H groups in total. The summed E-state index contributed by atoms with van der Waals surface area (Å²) < 4.78 is 5.04. The summed E-state index contributed by atoms with van der Waals surface area (Å²) in [6.07, 6.45) is 0.609. The van der Waals surface area contributed by atoms with Crippen LogP contribution in [0.4, 0.5) is 5.95 Å². The number of hydrogen-bond donors (Lipinski definition) is 1. The van der Waals surface area contributed by atoms with E-state index >= 15 is 0 Å². The molecular weight excluding hydrogens is 210 g/mol. The number of rotatable bonds is 6. The second-order valence-corrected chi connectivity index (χ2v) is 3.91. The summed E-state index contributed by atoms with van der Waals surface area (Å²) in [6.45, 7) is 4.63. The van der Waals surface area contributed by atoms with Crippen molar-refractivity contribution in [1.82, 2.24) is 10.1 Å². The second kappa shape index (κ2) is 5.48. The summed E-state index contributed by atoms with van der Waals surface area (Å²) in [5.74, 6) is 0.222. The van der Waals surface area contributed by atoms with Crippen LogP contribution in [0.1, 0.15) is 26.2 Å². The Morgan fingerprint density at radius 3 is 2.88 bits per heavy atom. The predicted molar refractivity (Wildman–Crippen MR) is 58.4 cm³/mol. The Bertz CT molecular complexity index is 351. The molecule has 1 atom stereocenters. The first-order valence-electron chi connectivity index (χ1n) is 5.28. The van der Waals surface area contributed by atoms with Crippen molar-refractivity contribution in [2.45, 2.75) is 26.7 Å². The summed E-state index contributed by atoms with van der Waals surface area (Å²) >= 11 is 0. The molecule has 1 aromatic heterocycles. The van der Waals surface area contributed by atoms with Gasteiger partial charge in [0.15, 0.2) is 0 Å². The summed E-state index contributed by atoms with van der Waals surface area (Å²) in [6, 6.07) is 0. The van der Waals surface area contributed by atoms with Gasteiger partial charge >= 0.3 is 5.97 Å². The lowest BCUT2D eigenvalue weighted by molar-refractivity contribution is -0.137. The van der Waals surface area contributed by atoms with Gasteiger partial charge in [-0.05, 0) is 18.0 Å². The van der Waals surface area contributed by atoms with Crippen molar-refractivity contribution in [3.63, 3.8) is 0 Å². The van der Waals surface area contributed by atoms with E-state index in [1.165, 1.54) is 0 Å². The van der Waals surface area contributed by atoms with Gasteiger partial charge in [-0.15, -0.1) is 0 Å². The highest BCUT2D eigenvalue weighted by Crippen LogP contribution is 2.13. The van der Waals surface area contributed by atoms with Crippen LogP contribution in [0.3, 0.4) is 0 Å². The number of carboxylic acid groups (broad SMARTS) is 1. The quantitative estimate of drug-likeness (QED) is 0.786. The van der Waals surface area contributed by atoms with E-state index in [0.717, 1.165) is 6.54 Å². The minimum absolute atomic E-state index is 0.00210. The molecule has 0 spiro atoms. The number of aliphatic carboxylic acids is 1. The van der Waals surface area contributed by atoms with Crippen LogP contribution in [0.2, 0.25) is 0 Å². The zero-order valence-corrected chi connectivity index (χ0v) is 9.80. The number of carbonyl (C=O) groups is 1. The maximum absolute atomic E-state index is 10.5. The normalized spacial score (nSPS) is 12.4. The summed E-state index contributed by atoms with van der Waals surface area (Å²) in [5.41, 5.74) is 0. The first-order chi connectivity index (χ1) is 7.52. The van der Waals surface area contributed by atoms with Gasteiger partial charge in [0.25, 0.3) is 5.95 Å². The lowest BCUT2D eigenvalue weighted by atomic mass is 10.0. The van der Waals surface area contributed by atoms with Crippen molar-refractivity contribution < 1.29 is 14.4 Å². The van der Waals surface area contributed by atoms with Gasteiger partial charge in [-0.25, -0.2) is 0 Å². The Kier molecular flexibility index (Phi) is 4.28. The van der Waals surface area contributed by atoms with E-state index in [-0.39, 0.29) is 12.3 Å². The lowest BCUT2D eigenvalue weighted by Crippen LogP contribution is -2.17. The molecule has 90 valence electrons. The van der Waals surface area contributed by atoms with E-state index in [2.05, 4.69) is 10.1 Å². The molecule has 1 heterocycles. The van der Waals surface area contributed by atoms with Crippen LogP contribution in [0, 0.1) is 5.92 Å². The second-order valence-electron chi connectivity index (χ2n) is 3.91. The van der Waals surface area contributed by atoms with Crippen molar-refractivity contribution in [1.29, 1.82) is 0 Å². The molecule has 0 aliphatic rings. The average molecular weight is 227 g/mol. The molecule has 0 saturated heterocycles.